The molecule has 0 aliphatic rings. The van der Waals surface area contributed by atoms with Crippen LogP contribution in [-0.2, 0) is 18.4 Å². The number of hydrogen-bond donors (Lipinski definition) is 1. The fraction of sp³-hybridized carbons (Fsp3) is 0.217. The van der Waals surface area contributed by atoms with E-state index in [-0.39, 0.29) is 29.1 Å². The molecule has 0 aliphatic heterocycles. The molecule has 3 heterocycles. The first-order valence-electron chi connectivity index (χ1n) is 10.3. The van der Waals surface area contributed by atoms with Crippen molar-refractivity contribution in [3.63, 3.8) is 0 Å². The number of anilines is 1. The van der Waals surface area contributed by atoms with Gasteiger partial charge in [0.25, 0.3) is 11.1 Å². The first kappa shape index (κ1) is 22.8. The summed E-state index contributed by atoms with van der Waals surface area (Å²) in [5, 5.41) is 5.14. The van der Waals surface area contributed by atoms with Gasteiger partial charge in [-0.2, -0.15) is 0 Å². The van der Waals surface area contributed by atoms with Gasteiger partial charge in [-0.3, -0.25) is 23.6 Å². The number of amides is 1. The average molecular weight is 482 g/mol. The zero-order valence-corrected chi connectivity index (χ0v) is 19.9. The summed E-state index contributed by atoms with van der Waals surface area (Å²) in [5.41, 5.74) is 1.90. The van der Waals surface area contributed by atoms with Gasteiger partial charge in [0, 0.05) is 25.8 Å². The topological polar surface area (TPSA) is 90.9 Å². The molecule has 3 aromatic heterocycles. The zero-order valence-electron chi connectivity index (χ0n) is 18.3. The number of thiophene rings is 1. The van der Waals surface area contributed by atoms with E-state index in [1.807, 2.05) is 41.8 Å². The lowest BCUT2D eigenvalue weighted by molar-refractivity contribution is -0.115. The molecule has 0 radical (unpaired) electrons. The molecule has 0 bridgehead atoms. The van der Waals surface area contributed by atoms with Crippen LogP contribution in [0.2, 0.25) is 0 Å². The van der Waals surface area contributed by atoms with Crippen LogP contribution >= 0.6 is 23.1 Å². The normalized spacial score (nSPS) is 11.1. The fourth-order valence-electron chi connectivity index (χ4n) is 3.47. The number of fused-ring (bicyclic) bond motifs is 1. The van der Waals surface area contributed by atoms with Crippen molar-refractivity contribution >= 4 is 44.9 Å². The molecule has 1 amide bonds. The van der Waals surface area contributed by atoms with Gasteiger partial charge in [-0.25, -0.2) is 9.67 Å². The SMILES string of the molecule is C=CCn1c(SCCC(=O)Nc2c(C)n(C)n(-c3ccccc3)c2=O)nc2ccsc2c1=O. The van der Waals surface area contributed by atoms with Crippen LogP contribution < -0.4 is 16.4 Å². The highest BCUT2D eigenvalue weighted by Crippen LogP contribution is 2.22. The summed E-state index contributed by atoms with van der Waals surface area (Å²) in [5.74, 6) is 0.131. The number of carbonyl (C=O) groups excluding carboxylic acids is 1. The van der Waals surface area contributed by atoms with Crippen molar-refractivity contribution in [2.24, 2.45) is 7.05 Å². The Labute approximate surface area is 198 Å². The van der Waals surface area contributed by atoms with E-state index >= 15 is 0 Å². The van der Waals surface area contributed by atoms with Crippen molar-refractivity contribution in [2.75, 3.05) is 11.1 Å². The third kappa shape index (κ3) is 4.44. The van der Waals surface area contributed by atoms with Crippen molar-refractivity contribution in [3.8, 4) is 5.69 Å². The predicted molar refractivity (Wildman–Crippen MR) is 134 cm³/mol. The molecule has 10 heteroatoms. The Balaban J connectivity index is 1.48. The zero-order chi connectivity index (χ0) is 23.5. The molecule has 4 aromatic rings. The summed E-state index contributed by atoms with van der Waals surface area (Å²) in [6, 6.07) is 11.1. The highest BCUT2D eigenvalue weighted by atomic mass is 32.2. The average Bonchev–Trinajstić information content (AvgIpc) is 3.36. The molecule has 4 rings (SSSR count). The number of thioether (sulfide) groups is 1. The second-order valence-electron chi connectivity index (χ2n) is 7.32. The number of hydrogen-bond acceptors (Lipinski definition) is 6. The van der Waals surface area contributed by atoms with Crippen LogP contribution in [0.5, 0.6) is 0 Å². The van der Waals surface area contributed by atoms with E-state index in [0.29, 0.717) is 33.4 Å². The van der Waals surface area contributed by atoms with Gasteiger partial charge in [-0.15, -0.1) is 17.9 Å². The molecular formula is C23H23N5O3S2. The number of carbonyl (C=O) groups is 1. The molecule has 0 unspecified atom stereocenters. The van der Waals surface area contributed by atoms with Gasteiger partial charge in [-0.1, -0.05) is 36.0 Å². The minimum absolute atomic E-state index is 0.108. The summed E-state index contributed by atoms with van der Waals surface area (Å²) >= 11 is 2.69. The summed E-state index contributed by atoms with van der Waals surface area (Å²) < 4.78 is 5.41. The number of aromatic nitrogens is 4. The van der Waals surface area contributed by atoms with E-state index in [1.165, 1.54) is 27.8 Å². The van der Waals surface area contributed by atoms with Crippen LogP contribution in [0, 0.1) is 6.92 Å². The minimum atomic E-state index is -0.286. The maximum atomic E-state index is 13.0. The second kappa shape index (κ2) is 9.63. The number of nitrogens with one attached hydrogen (secondary N) is 1. The van der Waals surface area contributed by atoms with Crippen LogP contribution in [0.4, 0.5) is 5.69 Å². The Morgan fingerprint density at radius 1 is 1.21 bits per heavy atom. The van der Waals surface area contributed by atoms with Crippen LogP contribution in [-0.4, -0.2) is 30.6 Å². The quantitative estimate of drug-likeness (QED) is 0.236. The molecule has 0 atom stereocenters. The van der Waals surface area contributed by atoms with Crippen LogP contribution in [0.15, 0.2) is 69.2 Å². The van der Waals surface area contributed by atoms with Gasteiger partial charge in [0.2, 0.25) is 5.91 Å². The molecule has 33 heavy (non-hydrogen) atoms. The van der Waals surface area contributed by atoms with Gasteiger partial charge < -0.3 is 5.32 Å². The lowest BCUT2D eigenvalue weighted by Crippen LogP contribution is -2.23. The smallest absolute Gasteiger partial charge is 0.295 e. The van der Waals surface area contributed by atoms with Crippen LogP contribution in [0.3, 0.4) is 0 Å². The molecule has 1 N–H and O–H groups in total. The van der Waals surface area contributed by atoms with Crippen LogP contribution in [0.25, 0.3) is 15.9 Å². The number of benzene rings is 1. The lowest BCUT2D eigenvalue weighted by atomic mass is 10.3. The van der Waals surface area contributed by atoms with Crippen molar-refractivity contribution in [1.82, 2.24) is 18.9 Å². The highest BCUT2D eigenvalue weighted by Gasteiger charge is 2.18. The first-order chi connectivity index (χ1) is 15.9. The van der Waals surface area contributed by atoms with E-state index in [2.05, 4.69) is 16.9 Å². The molecule has 0 aliphatic carbocycles. The second-order valence-corrected chi connectivity index (χ2v) is 9.30. The maximum absolute atomic E-state index is 13.0. The summed E-state index contributed by atoms with van der Waals surface area (Å²) in [6.07, 6.45) is 1.81. The Morgan fingerprint density at radius 3 is 2.70 bits per heavy atom. The Morgan fingerprint density at radius 2 is 1.97 bits per heavy atom. The van der Waals surface area contributed by atoms with Crippen molar-refractivity contribution in [3.05, 3.63) is 80.8 Å². The highest BCUT2D eigenvalue weighted by molar-refractivity contribution is 7.99. The van der Waals surface area contributed by atoms with Gasteiger partial charge in [0.15, 0.2) is 5.16 Å². The maximum Gasteiger partial charge on any atom is 0.295 e. The van der Waals surface area contributed by atoms with Gasteiger partial charge in [0.05, 0.1) is 16.9 Å². The largest absolute Gasteiger partial charge is 0.320 e. The van der Waals surface area contributed by atoms with Gasteiger partial charge >= 0.3 is 0 Å². The Hall–Kier alpha value is -3.37. The Bertz CT molecular complexity index is 1450. The third-order valence-corrected chi connectivity index (χ3v) is 7.09. The molecule has 0 saturated heterocycles. The van der Waals surface area contributed by atoms with E-state index in [4.69, 9.17) is 0 Å². The number of nitrogens with zero attached hydrogens (tertiary/aromatic N) is 4. The molecule has 0 saturated carbocycles. The van der Waals surface area contributed by atoms with E-state index in [1.54, 1.807) is 29.3 Å². The standard InChI is InChI=1S/C23H23N5O3S2/c1-4-12-27-22(31)20-17(10-13-32-20)24-23(27)33-14-11-18(29)25-19-15(2)26(3)28(21(19)30)16-8-6-5-7-9-16/h4-10,13H,1,11-12,14H2,2-3H3,(H,25,29). The van der Waals surface area contributed by atoms with Crippen molar-refractivity contribution in [2.45, 2.75) is 25.0 Å². The predicted octanol–water partition coefficient (Wildman–Crippen LogP) is 3.56. The summed E-state index contributed by atoms with van der Waals surface area (Å²) in [6.45, 7) is 5.85. The first-order valence-corrected chi connectivity index (χ1v) is 12.1. The Kier molecular flexibility index (Phi) is 6.66. The van der Waals surface area contributed by atoms with Crippen molar-refractivity contribution < 1.29 is 4.79 Å². The molecule has 170 valence electrons. The van der Waals surface area contributed by atoms with E-state index in [9.17, 15) is 14.4 Å². The molecule has 0 fully saturated rings. The molecular weight excluding hydrogens is 458 g/mol. The monoisotopic (exact) mass is 481 g/mol. The minimum Gasteiger partial charge on any atom is -0.320 e. The number of allylic oxidation sites excluding steroid dienone is 1. The third-order valence-electron chi connectivity index (χ3n) is 5.22. The van der Waals surface area contributed by atoms with Crippen LogP contribution in [0.1, 0.15) is 12.1 Å². The number of rotatable bonds is 8. The number of para-hydroxylation sites is 1. The van der Waals surface area contributed by atoms with Crippen molar-refractivity contribution in [1.29, 1.82) is 0 Å². The van der Waals surface area contributed by atoms with E-state index in [0.717, 1.165) is 5.69 Å². The fourth-order valence-corrected chi connectivity index (χ4v) is 5.20. The molecule has 1 aromatic carbocycles. The lowest BCUT2D eigenvalue weighted by Gasteiger charge is -2.10. The summed E-state index contributed by atoms with van der Waals surface area (Å²) in [7, 11) is 1.78. The van der Waals surface area contributed by atoms with Gasteiger partial charge in [-0.05, 0) is 30.5 Å². The van der Waals surface area contributed by atoms with Gasteiger partial charge in [0.1, 0.15) is 10.4 Å². The molecule has 8 nitrogen and oxygen atoms in total. The van der Waals surface area contributed by atoms with E-state index < -0.39 is 0 Å². The summed E-state index contributed by atoms with van der Waals surface area (Å²) in [4.78, 5) is 42.9. The molecule has 0 spiro atoms.